The van der Waals surface area contributed by atoms with Crippen molar-refractivity contribution in [1.82, 2.24) is 9.97 Å². The van der Waals surface area contributed by atoms with Crippen LogP contribution in [0.15, 0.2) is 24.3 Å². The van der Waals surface area contributed by atoms with E-state index in [2.05, 4.69) is 15.3 Å². The summed E-state index contributed by atoms with van der Waals surface area (Å²) in [4.78, 5) is 33.0. The average Bonchev–Trinajstić information content (AvgIpc) is 2.67. The van der Waals surface area contributed by atoms with E-state index in [-0.39, 0.29) is 16.9 Å². The molecule has 8 nitrogen and oxygen atoms in total. The van der Waals surface area contributed by atoms with Crippen LogP contribution in [0.4, 0.5) is 5.95 Å². The van der Waals surface area contributed by atoms with Crippen LogP contribution in [-0.4, -0.2) is 41.2 Å². The molecule has 28 heavy (non-hydrogen) atoms. The highest BCUT2D eigenvalue weighted by molar-refractivity contribution is 6.32. The molecule has 0 amide bonds. The van der Waals surface area contributed by atoms with E-state index < -0.39 is 23.4 Å². The number of aryl methyl sites for hydroxylation is 2. The minimum atomic E-state index is -1.95. The third kappa shape index (κ3) is 4.01. The zero-order valence-corrected chi connectivity index (χ0v) is 17.0. The second-order valence-electron chi connectivity index (χ2n) is 6.44. The van der Waals surface area contributed by atoms with Gasteiger partial charge in [0.1, 0.15) is 5.02 Å². The van der Waals surface area contributed by atoms with Gasteiger partial charge in [-0.25, -0.2) is 4.98 Å². The Morgan fingerprint density at radius 2 is 1.79 bits per heavy atom. The summed E-state index contributed by atoms with van der Waals surface area (Å²) < 4.78 is 9.92. The number of aromatic nitrogens is 2. The Kier molecular flexibility index (Phi) is 6.45. The Bertz CT molecular complexity index is 888. The van der Waals surface area contributed by atoms with Crippen molar-refractivity contribution in [3.8, 4) is 5.88 Å². The van der Waals surface area contributed by atoms with Gasteiger partial charge in [0, 0.05) is 0 Å². The molecule has 9 heteroatoms. The van der Waals surface area contributed by atoms with Gasteiger partial charge < -0.3 is 19.9 Å². The van der Waals surface area contributed by atoms with E-state index >= 15 is 0 Å². The zero-order chi connectivity index (χ0) is 21.1. The average molecular weight is 408 g/mol. The zero-order valence-electron chi connectivity index (χ0n) is 16.2. The summed E-state index contributed by atoms with van der Waals surface area (Å²) in [7, 11) is 2.55. The summed E-state index contributed by atoms with van der Waals surface area (Å²) in [5.74, 6) is -2.05. The highest BCUT2D eigenvalue weighted by atomic mass is 35.5. The van der Waals surface area contributed by atoms with Crippen molar-refractivity contribution in [1.29, 1.82) is 0 Å². The number of hydrogen-bond donors (Lipinski definition) is 2. The van der Waals surface area contributed by atoms with Crippen LogP contribution in [0.25, 0.3) is 0 Å². The summed E-state index contributed by atoms with van der Waals surface area (Å²) in [5, 5.41) is 13.1. The van der Waals surface area contributed by atoms with Crippen molar-refractivity contribution >= 4 is 29.5 Å². The summed E-state index contributed by atoms with van der Waals surface area (Å²) >= 11 is 6.10. The molecular formula is C19H22ClN3O5. The molecule has 0 aliphatic heterocycles. The Morgan fingerprint density at radius 1 is 1.18 bits per heavy atom. The van der Waals surface area contributed by atoms with Crippen molar-refractivity contribution in [3.05, 3.63) is 46.1 Å². The molecule has 0 saturated carbocycles. The number of nitrogens with zero attached hydrogens (tertiary/aromatic N) is 2. The van der Waals surface area contributed by atoms with Gasteiger partial charge in [-0.05, 0) is 26.3 Å². The number of esters is 1. The van der Waals surface area contributed by atoms with Crippen LogP contribution >= 0.6 is 11.6 Å². The first-order chi connectivity index (χ1) is 13.1. The number of anilines is 1. The molecule has 0 spiro atoms. The standard InChI is InChI=1S/C19H22ClN3O5/c1-10-6-8-12(9-7-10)14(19(3,16(24)25)17(26)28-5)22-18-21-11(2)13(20)15(23-18)27-4/h6-9,14H,1-5H3,(H,24,25)(H,21,22,23). The van der Waals surface area contributed by atoms with Crippen molar-refractivity contribution in [2.75, 3.05) is 19.5 Å². The number of aliphatic carboxylic acids is 1. The lowest BCUT2D eigenvalue weighted by Gasteiger charge is -2.32. The van der Waals surface area contributed by atoms with E-state index in [4.69, 9.17) is 21.1 Å². The first-order valence-electron chi connectivity index (χ1n) is 8.38. The SMILES string of the molecule is COC(=O)C(C)(C(=O)O)C(Nc1nc(C)c(Cl)c(OC)n1)c1ccc(C)cc1. The summed E-state index contributed by atoms with van der Waals surface area (Å²) in [6, 6.07) is 6.08. The Morgan fingerprint density at radius 3 is 2.29 bits per heavy atom. The number of carboxylic acids is 1. The van der Waals surface area contributed by atoms with Crippen molar-refractivity contribution < 1.29 is 24.2 Å². The van der Waals surface area contributed by atoms with E-state index in [1.165, 1.54) is 14.0 Å². The molecule has 2 unspecified atom stereocenters. The van der Waals surface area contributed by atoms with E-state index in [0.717, 1.165) is 12.7 Å². The second kappa shape index (κ2) is 8.43. The van der Waals surface area contributed by atoms with Crippen LogP contribution in [0.5, 0.6) is 5.88 Å². The van der Waals surface area contributed by atoms with Crippen molar-refractivity contribution in [2.45, 2.75) is 26.8 Å². The fraction of sp³-hybridized carbons (Fsp3) is 0.368. The molecule has 1 aromatic heterocycles. The van der Waals surface area contributed by atoms with Gasteiger partial charge in [-0.2, -0.15) is 4.98 Å². The van der Waals surface area contributed by atoms with Crippen LogP contribution in [0.1, 0.15) is 29.8 Å². The van der Waals surface area contributed by atoms with E-state index in [1.54, 1.807) is 19.1 Å². The van der Waals surface area contributed by atoms with Crippen LogP contribution in [0.3, 0.4) is 0 Å². The van der Waals surface area contributed by atoms with Gasteiger partial charge in [-0.15, -0.1) is 0 Å². The van der Waals surface area contributed by atoms with Crippen LogP contribution < -0.4 is 10.1 Å². The third-order valence-electron chi connectivity index (χ3n) is 4.49. The van der Waals surface area contributed by atoms with Crippen LogP contribution in [-0.2, 0) is 14.3 Å². The molecule has 0 saturated heterocycles. The highest BCUT2D eigenvalue weighted by Crippen LogP contribution is 2.38. The van der Waals surface area contributed by atoms with E-state index in [9.17, 15) is 14.7 Å². The van der Waals surface area contributed by atoms with Gasteiger partial charge in [0.15, 0.2) is 5.41 Å². The van der Waals surface area contributed by atoms with Gasteiger partial charge in [-0.1, -0.05) is 41.4 Å². The van der Waals surface area contributed by atoms with Gasteiger partial charge in [0.2, 0.25) is 11.8 Å². The first-order valence-corrected chi connectivity index (χ1v) is 8.76. The molecule has 0 bridgehead atoms. The minimum Gasteiger partial charge on any atom is -0.480 e. The molecule has 2 N–H and O–H groups in total. The van der Waals surface area contributed by atoms with Gasteiger partial charge >= 0.3 is 11.9 Å². The number of halogens is 1. The predicted molar refractivity (Wildman–Crippen MR) is 104 cm³/mol. The van der Waals surface area contributed by atoms with E-state index in [1.807, 2.05) is 19.1 Å². The molecule has 2 atom stereocenters. The number of methoxy groups -OCH3 is 2. The maximum Gasteiger partial charge on any atom is 0.325 e. The Balaban J connectivity index is 2.62. The molecule has 0 aliphatic rings. The number of ether oxygens (including phenoxy) is 2. The molecule has 1 aromatic carbocycles. The molecule has 0 radical (unpaired) electrons. The maximum absolute atomic E-state index is 12.5. The number of carbonyl (C=O) groups is 2. The van der Waals surface area contributed by atoms with Gasteiger partial charge in [0.05, 0.1) is 26.0 Å². The third-order valence-corrected chi connectivity index (χ3v) is 4.93. The highest BCUT2D eigenvalue weighted by Gasteiger charge is 2.51. The number of benzene rings is 1. The van der Waals surface area contributed by atoms with E-state index in [0.29, 0.717) is 11.3 Å². The summed E-state index contributed by atoms with van der Waals surface area (Å²) in [6.45, 7) is 4.85. The Hall–Kier alpha value is -2.87. The fourth-order valence-electron chi connectivity index (χ4n) is 2.72. The maximum atomic E-state index is 12.5. The summed E-state index contributed by atoms with van der Waals surface area (Å²) in [5.41, 5.74) is 0.0245. The molecule has 2 aromatic rings. The lowest BCUT2D eigenvalue weighted by molar-refractivity contribution is -0.166. The van der Waals surface area contributed by atoms with Crippen molar-refractivity contribution in [3.63, 3.8) is 0 Å². The molecule has 1 heterocycles. The lowest BCUT2D eigenvalue weighted by Crippen LogP contribution is -2.46. The topological polar surface area (TPSA) is 111 Å². The predicted octanol–water partition coefficient (Wildman–Crippen LogP) is 3.17. The van der Waals surface area contributed by atoms with Crippen LogP contribution in [0, 0.1) is 19.3 Å². The number of nitrogens with one attached hydrogen (secondary N) is 1. The summed E-state index contributed by atoms with van der Waals surface area (Å²) in [6.07, 6.45) is 0. The quantitative estimate of drug-likeness (QED) is 0.531. The number of rotatable bonds is 7. The smallest absolute Gasteiger partial charge is 0.325 e. The normalized spacial score (nSPS) is 13.9. The number of carboxylic acid groups (broad SMARTS) is 1. The molecule has 2 rings (SSSR count). The number of carbonyl (C=O) groups excluding carboxylic acids is 1. The fourth-order valence-corrected chi connectivity index (χ4v) is 2.88. The monoisotopic (exact) mass is 407 g/mol. The second-order valence-corrected chi connectivity index (χ2v) is 6.82. The molecule has 0 aliphatic carbocycles. The Labute approximate surface area is 167 Å². The lowest BCUT2D eigenvalue weighted by atomic mass is 9.78. The molecule has 0 fully saturated rings. The number of hydrogen-bond acceptors (Lipinski definition) is 7. The first kappa shape index (κ1) is 21.4. The van der Waals surface area contributed by atoms with Gasteiger partial charge in [-0.3, -0.25) is 9.59 Å². The van der Waals surface area contributed by atoms with Gasteiger partial charge in [0.25, 0.3) is 0 Å². The largest absolute Gasteiger partial charge is 0.480 e. The molecule has 150 valence electrons. The minimum absolute atomic E-state index is 0.0701. The van der Waals surface area contributed by atoms with Crippen LogP contribution in [0.2, 0.25) is 5.02 Å². The molecular weight excluding hydrogens is 386 g/mol. The van der Waals surface area contributed by atoms with Crippen molar-refractivity contribution in [2.24, 2.45) is 5.41 Å².